The molecule has 1 N–H and O–H groups in total. The molecule has 21 heavy (non-hydrogen) atoms. The SMILES string of the molecule is O=C1CC2=C(CCCC2)N1CCc1c[nH]c2ccccc12. The predicted molar refractivity (Wildman–Crippen MR) is 83.8 cm³/mol. The fraction of sp³-hybridized carbons (Fsp3) is 0.389. The largest absolute Gasteiger partial charge is 0.361 e. The number of amides is 1. The number of aromatic amines is 1. The predicted octanol–water partition coefficient (Wildman–Crippen LogP) is 3.77. The van der Waals surface area contributed by atoms with E-state index in [2.05, 4.69) is 34.3 Å². The maximum atomic E-state index is 12.2. The summed E-state index contributed by atoms with van der Waals surface area (Å²) in [4.78, 5) is 17.6. The van der Waals surface area contributed by atoms with Crippen LogP contribution in [0.4, 0.5) is 0 Å². The summed E-state index contributed by atoms with van der Waals surface area (Å²) >= 11 is 0. The molecule has 0 bridgehead atoms. The van der Waals surface area contributed by atoms with Gasteiger partial charge in [-0.15, -0.1) is 0 Å². The van der Waals surface area contributed by atoms with E-state index >= 15 is 0 Å². The van der Waals surface area contributed by atoms with Crippen LogP contribution in [0, 0.1) is 0 Å². The monoisotopic (exact) mass is 280 g/mol. The number of nitrogens with one attached hydrogen (secondary N) is 1. The molecule has 0 radical (unpaired) electrons. The van der Waals surface area contributed by atoms with Crippen LogP contribution < -0.4 is 0 Å². The van der Waals surface area contributed by atoms with Gasteiger partial charge in [0.1, 0.15) is 0 Å². The van der Waals surface area contributed by atoms with Crippen molar-refractivity contribution < 1.29 is 4.79 Å². The lowest BCUT2D eigenvalue weighted by Gasteiger charge is -2.23. The maximum absolute atomic E-state index is 12.2. The number of fused-ring (bicyclic) bond motifs is 1. The van der Waals surface area contributed by atoms with Gasteiger partial charge in [-0.05, 0) is 49.3 Å². The fourth-order valence-electron chi connectivity index (χ4n) is 3.73. The second-order valence-electron chi connectivity index (χ2n) is 6.09. The van der Waals surface area contributed by atoms with Crippen LogP contribution in [-0.2, 0) is 11.2 Å². The quantitative estimate of drug-likeness (QED) is 0.912. The Kier molecular flexibility index (Phi) is 3.06. The average Bonchev–Trinajstić information content (AvgIpc) is 3.06. The summed E-state index contributed by atoms with van der Waals surface area (Å²) in [6.07, 6.45) is 8.38. The molecule has 1 aromatic heterocycles. The highest BCUT2D eigenvalue weighted by Crippen LogP contribution is 2.35. The van der Waals surface area contributed by atoms with Gasteiger partial charge in [0.2, 0.25) is 5.91 Å². The molecule has 0 fully saturated rings. The van der Waals surface area contributed by atoms with Crippen molar-refractivity contribution >= 4 is 16.8 Å². The first-order valence-corrected chi connectivity index (χ1v) is 7.89. The first-order valence-electron chi connectivity index (χ1n) is 7.89. The Morgan fingerprint density at radius 1 is 1.14 bits per heavy atom. The molecule has 0 unspecified atom stereocenters. The molecular formula is C18H20N2O. The topological polar surface area (TPSA) is 36.1 Å². The Bertz CT molecular complexity index is 726. The van der Waals surface area contributed by atoms with Crippen LogP contribution in [0.3, 0.4) is 0 Å². The van der Waals surface area contributed by atoms with E-state index in [1.807, 2.05) is 6.07 Å². The minimum absolute atomic E-state index is 0.307. The number of carbonyl (C=O) groups is 1. The number of hydrogen-bond acceptors (Lipinski definition) is 1. The molecule has 108 valence electrons. The second kappa shape index (κ2) is 5.06. The number of aromatic nitrogens is 1. The molecule has 1 aliphatic carbocycles. The Morgan fingerprint density at radius 2 is 2.00 bits per heavy atom. The maximum Gasteiger partial charge on any atom is 0.230 e. The standard InChI is InChI=1S/C18H20N2O/c21-18-11-13-5-1-4-8-17(13)20(18)10-9-14-12-19-16-7-3-2-6-15(14)16/h2-3,6-7,12,19H,1,4-5,8-11H2. The summed E-state index contributed by atoms with van der Waals surface area (Å²) in [5.74, 6) is 0.307. The molecule has 2 aromatic rings. The van der Waals surface area contributed by atoms with Crippen molar-refractivity contribution in [1.29, 1.82) is 0 Å². The van der Waals surface area contributed by atoms with Crippen molar-refractivity contribution in [2.75, 3.05) is 6.54 Å². The number of hydrogen-bond donors (Lipinski definition) is 1. The normalized spacial score (nSPS) is 18.7. The number of allylic oxidation sites excluding steroid dienone is 1. The molecular weight excluding hydrogens is 260 g/mol. The molecule has 1 aliphatic heterocycles. The molecule has 4 rings (SSSR count). The minimum atomic E-state index is 0.307. The average molecular weight is 280 g/mol. The van der Waals surface area contributed by atoms with Crippen molar-refractivity contribution in [3.8, 4) is 0 Å². The first-order chi connectivity index (χ1) is 10.3. The van der Waals surface area contributed by atoms with E-state index in [4.69, 9.17) is 0 Å². The van der Waals surface area contributed by atoms with Crippen LogP contribution in [-0.4, -0.2) is 22.3 Å². The molecule has 3 heteroatoms. The summed E-state index contributed by atoms with van der Waals surface area (Å²) in [6.45, 7) is 0.819. The van der Waals surface area contributed by atoms with Crippen LogP contribution in [0.25, 0.3) is 10.9 Å². The van der Waals surface area contributed by atoms with E-state index in [1.54, 1.807) is 0 Å². The van der Waals surface area contributed by atoms with Gasteiger partial charge in [0, 0.05) is 29.3 Å². The molecule has 3 nitrogen and oxygen atoms in total. The highest BCUT2D eigenvalue weighted by atomic mass is 16.2. The molecule has 1 amide bonds. The Hall–Kier alpha value is -2.03. The summed E-state index contributed by atoms with van der Waals surface area (Å²) in [7, 11) is 0. The number of benzene rings is 1. The molecule has 0 saturated carbocycles. The van der Waals surface area contributed by atoms with Gasteiger partial charge in [0.15, 0.2) is 0 Å². The zero-order valence-electron chi connectivity index (χ0n) is 12.2. The lowest BCUT2D eigenvalue weighted by molar-refractivity contribution is -0.127. The van der Waals surface area contributed by atoms with E-state index in [-0.39, 0.29) is 0 Å². The first kappa shape index (κ1) is 12.7. The van der Waals surface area contributed by atoms with Crippen molar-refractivity contribution in [2.45, 2.75) is 38.5 Å². The van der Waals surface area contributed by atoms with E-state index in [0.29, 0.717) is 12.3 Å². The van der Waals surface area contributed by atoms with Gasteiger partial charge in [-0.25, -0.2) is 0 Å². The number of rotatable bonds is 3. The lowest BCUT2D eigenvalue weighted by atomic mass is 9.96. The van der Waals surface area contributed by atoms with Gasteiger partial charge in [0.25, 0.3) is 0 Å². The number of H-pyrrole nitrogens is 1. The van der Waals surface area contributed by atoms with Crippen LogP contribution in [0.2, 0.25) is 0 Å². The van der Waals surface area contributed by atoms with Gasteiger partial charge in [-0.1, -0.05) is 18.2 Å². The molecule has 1 aromatic carbocycles. The van der Waals surface area contributed by atoms with Crippen LogP contribution in [0.5, 0.6) is 0 Å². The third-order valence-corrected chi connectivity index (χ3v) is 4.82. The molecule has 2 aliphatic rings. The van der Waals surface area contributed by atoms with Crippen LogP contribution in [0.1, 0.15) is 37.7 Å². The van der Waals surface area contributed by atoms with Gasteiger partial charge in [0.05, 0.1) is 6.42 Å². The third-order valence-electron chi connectivity index (χ3n) is 4.82. The Labute approximate surface area is 124 Å². The van der Waals surface area contributed by atoms with E-state index < -0.39 is 0 Å². The van der Waals surface area contributed by atoms with Crippen molar-refractivity contribution in [1.82, 2.24) is 9.88 Å². The van der Waals surface area contributed by atoms with E-state index in [9.17, 15) is 4.79 Å². The summed E-state index contributed by atoms with van der Waals surface area (Å²) < 4.78 is 0. The number of nitrogens with zero attached hydrogens (tertiary/aromatic N) is 1. The van der Waals surface area contributed by atoms with E-state index in [1.165, 1.54) is 40.6 Å². The van der Waals surface area contributed by atoms with Crippen molar-refractivity contribution in [3.63, 3.8) is 0 Å². The Morgan fingerprint density at radius 3 is 2.95 bits per heavy atom. The molecule has 0 saturated heterocycles. The molecule has 0 spiro atoms. The highest BCUT2D eigenvalue weighted by Gasteiger charge is 2.30. The van der Waals surface area contributed by atoms with Gasteiger partial charge in [-0.3, -0.25) is 4.79 Å². The number of carbonyl (C=O) groups excluding carboxylic acids is 1. The summed E-state index contributed by atoms with van der Waals surface area (Å²) in [6, 6.07) is 8.37. The molecule has 0 atom stereocenters. The lowest BCUT2D eigenvalue weighted by Crippen LogP contribution is -2.27. The fourth-order valence-corrected chi connectivity index (χ4v) is 3.73. The number of para-hydroxylation sites is 1. The third kappa shape index (κ3) is 2.17. The van der Waals surface area contributed by atoms with Crippen LogP contribution >= 0.6 is 0 Å². The zero-order valence-corrected chi connectivity index (χ0v) is 12.2. The van der Waals surface area contributed by atoms with Crippen molar-refractivity contribution in [2.24, 2.45) is 0 Å². The minimum Gasteiger partial charge on any atom is -0.361 e. The van der Waals surface area contributed by atoms with Gasteiger partial charge in [-0.2, -0.15) is 0 Å². The Balaban J connectivity index is 1.54. The second-order valence-corrected chi connectivity index (χ2v) is 6.09. The van der Waals surface area contributed by atoms with E-state index in [0.717, 1.165) is 25.8 Å². The summed E-state index contributed by atoms with van der Waals surface area (Å²) in [5.41, 5.74) is 5.23. The zero-order chi connectivity index (χ0) is 14.2. The van der Waals surface area contributed by atoms with Crippen LogP contribution in [0.15, 0.2) is 41.7 Å². The van der Waals surface area contributed by atoms with Gasteiger partial charge >= 0.3 is 0 Å². The van der Waals surface area contributed by atoms with Gasteiger partial charge < -0.3 is 9.88 Å². The smallest absolute Gasteiger partial charge is 0.230 e. The summed E-state index contributed by atoms with van der Waals surface area (Å²) in [5, 5.41) is 1.28. The highest BCUT2D eigenvalue weighted by molar-refractivity contribution is 5.85. The van der Waals surface area contributed by atoms with Crippen molar-refractivity contribution in [3.05, 3.63) is 47.3 Å². The molecule has 2 heterocycles.